The van der Waals surface area contributed by atoms with E-state index in [1.165, 1.54) is 49.6 Å². The molecule has 0 saturated heterocycles. The van der Waals surface area contributed by atoms with Crippen molar-refractivity contribution in [3.63, 3.8) is 0 Å². The Morgan fingerprint density at radius 3 is 2.29 bits per heavy atom. The number of methoxy groups -OCH3 is 1. The highest BCUT2D eigenvalue weighted by Gasteiger charge is 2.17. The molecule has 1 aromatic heterocycles. The summed E-state index contributed by atoms with van der Waals surface area (Å²) in [5.74, 6) is -0.393. The van der Waals surface area contributed by atoms with Crippen molar-refractivity contribution in [3.05, 3.63) is 127 Å². The SMILES string of the molecule is COc1ccccc1NS(=O)(=O)c1ccc(NC(=O)/C=C/c2cn(-c3ccccc3)nc2-c2ccc(F)cc2)cc1. The van der Waals surface area contributed by atoms with Crippen molar-refractivity contribution >= 4 is 33.4 Å². The minimum atomic E-state index is -3.88. The van der Waals surface area contributed by atoms with Gasteiger partial charge in [-0.3, -0.25) is 9.52 Å². The largest absolute Gasteiger partial charge is 0.495 e. The molecule has 8 nitrogen and oxygen atoms in total. The zero-order chi connectivity index (χ0) is 28.8. The van der Waals surface area contributed by atoms with Crippen LogP contribution in [0.25, 0.3) is 23.0 Å². The summed E-state index contributed by atoms with van der Waals surface area (Å²) >= 11 is 0. The van der Waals surface area contributed by atoms with Gasteiger partial charge in [0.15, 0.2) is 0 Å². The van der Waals surface area contributed by atoms with Crippen LogP contribution in [-0.2, 0) is 14.8 Å². The van der Waals surface area contributed by atoms with Gasteiger partial charge in [-0.25, -0.2) is 17.5 Å². The third-order valence-corrected chi connectivity index (χ3v) is 7.46. The Morgan fingerprint density at radius 1 is 0.902 bits per heavy atom. The number of aromatic nitrogens is 2. The van der Waals surface area contributed by atoms with Gasteiger partial charge < -0.3 is 10.1 Å². The molecule has 4 aromatic carbocycles. The summed E-state index contributed by atoms with van der Waals surface area (Å²) in [5, 5.41) is 7.38. The number of halogens is 1. The van der Waals surface area contributed by atoms with E-state index in [1.54, 1.807) is 53.4 Å². The lowest BCUT2D eigenvalue weighted by Gasteiger charge is -2.12. The number of carbonyl (C=O) groups excluding carboxylic acids is 1. The fourth-order valence-electron chi connectivity index (χ4n) is 4.05. The molecule has 0 saturated carbocycles. The molecule has 2 N–H and O–H groups in total. The van der Waals surface area contributed by atoms with Gasteiger partial charge in [-0.15, -0.1) is 0 Å². The van der Waals surface area contributed by atoms with E-state index in [0.717, 1.165) is 5.69 Å². The zero-order valence-electron chi connectivity index (χ0n) is 21.9. The number of nitrogens with one attached hydrogen (secondary N) is 2. The fourth-order valence-corrected chi connectivity index (χ4v) is 5.12. The lowest BCUT2D eigenvalue weighted by Crippen LogP contribution is -2.14. The van der Waals surface area contributed by atoms with Crippen molar-refractivity contribution in [1.82, 2.24) is 9.78 Å². The second-order valence-corrected chi connectivity index (χ2v) is 10.6. The zero-order valence-corrected chi connectivity index (χ0v) is 22.7. The van der Waals surface area contributed by atoms with Crippen LogP contribution in [-0.4, -0.2) is 31.2 Å². The maximum atomic E-state index is 13.5. The number of ether oxygens (including phenoxy) is 1. The number of sulfonamides is 1. The molecular weight excluding hydrogens is 543 g/mol. The van der Waals surface area contributed by atoms with E-state index in [-0.39, 0.29) is 10.7 Å². The van der Waals surface area contributed by atoms with E-state index in [4.69, 9.17) is 4.74 Å². The van der Waals surface area contributed by atoms with E-state index in [0.29, 0.717) is 33.9 Å². The molecule has 0 aliphatic rings. The summed E-state index contributed by atoms with van der Waals surface area (Å²) in [6.07, 6.45) is 4.76. The van der Waals surface area contributed by atoms with Gasteiger partial charge in [-0.1, -0.05) is 30.3 Å². The van der Waals surface area contributed by atoms with E-state index in [9.17, 15) is 17.6 Å². The molecule has 1 amide bonds. The van der Waals surface area contributed by atoms with E-state index < -0.39 is 15.9 Å². The van der Waals surface area contributed by atoms with Crippen molar-refractivity contribution in [1.29, 1.82) is 0 Å². The molecule has 5 rings (SSSR count). The van der Waals surface area contributed by atoms with Gasteiger partial charge in [0.25, 0.3) is 10.0 Å². The predicted octanol–water partition coefficient (Wildman–Crippen LogP) is 6.14. The highest BCUT2D eigenvalue weighted by Crippen LogP contribution is 2.27. The number of para-hydroxylation sites is 3. The average molecular weight is 569 g/mol. The van der Waals surface area contributed by atoms with Crippen molar-refractivity contribution in [3.8, 4) is 22.7 Å². The Labute approximate surface area is 236 Å². The monoisotopic (exact) mass is 568 g/mol. The van der Waals surface area contributed by atoms with Crippen molar-refractivity contribution in [2.24, 2.45) is 0 Å². The number of hydrogen-bond acceptors (Lipinski definition) is 5. The molecule has 0 aliphatic heterocycles. The average Bonchev–Trinajstić information content (AvgIpc) is 3.42. The van der Waals surface area contributed by atoms with Gasteiger partial charge in [-0.2, -0.15) is 5.10 Å². The summed E-state index contributed by atoms with van der Waals surface area (Å²) in [6.45, 7) is 0. The van der Waals surface area contributed by atoms with Crippen molar-refractivity contribution < 1.29 is 22.3 Å². The van der Waals surface area contributed by atoms with Gasteiger partial charge in [0, 0.05) is 29.1 Å². The van der Waals surface area contributed by atoms with Crippen LogP contribution in [0.4, 0.5) is 15.8 Å². The van der Waals surface area contributed by atoms with E-state index in [2.05, 4.69) is 15.1 Å². The van der Waals surface area contributed by atoms with Gasteiger partial charge in [0.05, 0.1) is 29.1 Å². The Bertz CT molecular complexity index is 1800. The number of anilines is 2. The van der Waals surface area contributed by atoms with Crippen LogP contribution in [0.15, 0.2) is 120 Å². The summed E-state index contributed by atoms with van der Waals surface area (Å²) in [4.78, 5) is 12.8. The van der Waals surface area contributed by atoms with Gasteiger partial charge >= 0.3 is 0 Å². The summed E-state index contributed by atoms with van der Waals surface area (Å²) in [6, 6.07) is 27.9. The first-order valence-corrected chi connectivity index (χ1v) is 14.0. The van der Waals surface area contributed by atoms with Gasteiger partial charge in [0.2, 0.25) is 5.91 Å². The fraction of sp³-hybridized carbons (Fsp3) is 0.0323. The van der Waals surface area contributed by atoms with Gasteiger partial charge in [0.1, 0.15) is 11.6 Å². The van der Waals surface area contributed by atoms with Crippen LogP contribution in [0, 0.1) is 5.82 Å². The first kappa shape index (κ1) is 27.4. The molecule has 0 aliphatic carbocycles. The van der Waals surface area contributed by atoms with Crippen LogP contribution in [0.2, 0.25) is 0 Å². The third kappa shape index (κ3) is 6.51. The number of benzene rings is 4. The molecule has 0 fully saturated rings. The number of amides is 1. The Morgan fingerprint density at radius 2 is 1.59 bits per heavy atom. The number of nitrogens with zero attached hydrogens (tertiary/aromatic N) is 2. The molecule has 0 bridgehead atoms. The quantitative estimate of drug-likeness (QED) is 0.208. The van der Waals surface area contributed by atoms with Crippen LogP contribution >= 0.6 is 0 Å². The number of rotatable bonds is 9. The Balaban J connectivity index is 1.32. The first-order valence-electron chi connectivity index (χ1n) is 12.5. The van der Waals surface area contributed by atoms with Crippen molar-refractivity contribution in [2.75, 3.05) is 17.1 Å². The molecule has 206 valence electrons. The summed E-state index contributed by atoms with van der Waals surface area (Å²) in [7, 11) is -2.42. The molecular formula is C31H25FN4O4S. The van der Waals surface area contributed by atoms with E-state index >= 15 is 0 Å². The molecule has 5 aromatic rings. The molecule has 0 spiro atoms. The molecule has 41 heavy (non-hydrogen) atoms. The number of carbonyl (C=O) groups is 1. The second-order valence-electron chi connectivity index (χ2n) is 8.87. The van der Waals surface area contributed by atoms with Crippen LogP contribution < -0.4 is 14.8 Å². The maximum absolute atomic E-state index is 13.5. The lowest BCUT2D eigenvalue weighted by atomic mass is 10.1. The van der Waals surface area contributed by atoms with Gasteiger partial charge in [-0.05, 0) is 78.9 Å². The normalized spacial score (nSPS) is 11.4. The van der Waals surface area contributed by atoms with E-state index in [1.807, 2.05) is 30.3 Å². The molecule has 0 radical (unpaired) electrons. The molecule has 0 unspecified atom stereocenters. The van der Waals surface area contributed by atoms with Crippen LogP contribution in [0.1, 0.15) is 5.56 Å². The highest BCUT2D eigenvalue weighted by molar-refractivity contribution is 7.92. The highest BCUT2D eigenvalue weighted by atomic mass is 32.2. The smallest absolute Gasteiger partial charge is 0.262 e. The first-order chi connectivity index (χ1) is 19.8. The number of hydrogen-bond donors (Lipinski definition) is 2. The molecule has 10 heteroatoms. The third-order valence-electron chi connectivity index (χ3n) is 6.08. The van der Waals surface area contributed by atoms with Crippen LogP contribution in [0.5, 0.6) is 5.75 Å². The van der Waals surface area contributed by atoms with Crippen molar-refractivity contribution in [2.45, 2.75) is 4.90 Å². The standard InChI is InChI=1S/C31H25FN4O4S/c1-40-29-10-6-5-9-28(29)35-41(38,39)27-18-16-25(17-19-27)33-30(37)20-13-23-21-36(26-7-3-2-4-8-26)34-31(23)22-11-14-24(32)15-12-22/h2-21,35H,1H3,(H,33,37)/b20-13+. The lowest BCUT2D eigenvalue weighted by molar-refractivity contribution is -0.111. The minimum Gasteiger partial charge on any atom is -0.495 e. The maximum Gasteiger partial charge on any atom is 0.262 e. The Kier molecular flexibility index (Phi) is 7.93. The summed E-state index contributed by atoms with van der Waals surface area (Å²) < 4.78 is 48.6. The van der Waals surface area contributed by atoms with Crippen LogP contribution in [0.3, 0.4) is 0 Å². The second kappa shape index (κ2) is 11.9. The molecule has 1 heterocycles. The predicted molar refractivity (Wildman–Crippen MR) is 157 cm³/mol. The Hall–Kier alpha value is -5.22. The topological polar surface area (TPSA) is 102 Å². The molecule has 0 atom stereocenters. The summed E-state index contributed by atoms with van der Waals surface area (Å²) in [5.41, 5.74) is 3.48. The minimum absolute atomic E-state index is 0.0224.